The summed E-state index contributed by atoms with van der Waals surface area (Å²) < 4.78 is 13.8. The number of allylic oxidation sites excluding steroid dienone is 2. The number of nitro benzene ring substituents is 1. The molecule has 6 atom stereocenters. The third kappa shape index (κ3) is 4.92. The molecule has 2 aliphatic carbocycles. The van der Waals surface area contributed by atoms with Crippen molar-refractivity contribution in [2.24, 2.45) is 23.7 Å². The van der Waals surface area contributed by atoms with Crippen LogP contribution in [0.25, 0.3) is 0 Å². The standard InChI is InChI=1S/C38H27Cl2FN4O7/c39-20-6-4-19(5-7-20)38-30(35(48)44(37(38)50)42-23-11-9-22(41)10-12-23)18-28-26(33(38)29-16-21(40)8-15-31(29)46)13-14-27-32(28)36(49)43(34(27)47)24-2-1-3-25(17-24)45(51)52/h1-13,15-17,27-28,30,32-33,42,46H,14,18H2. The number of hydrazine groups is 1. The van der Waals surface area contributed by atoms with E-state index in [1.54, 1.807) is 30.3 Å². The number of phenols is 1. The maximum absolute atomic E-state index is 15.2. The van der Waals surface area contributed by atoms with Crippen molar-refractivity contribution in [3.05, 3.63) is 140 Å². The number of hydrogen-bond acceptors (Lipinski definition) is 8. The predicted molar refractivity (Wildman–Crippen MR) is 188 cm³/mol. The fraction of sp³-hybridized carbons (Fsp3) is 0.211. The maximum Gasteiger partial charge on any atom is 0.271 e. The van der Waals surface area contributed by atoms with Gasteiger partial charge in [-0.2, -0.15) is 5.01 Å². The van der Waals surface area contributed by atoms with E-state index in [1.807, 2.05) is 0 Å². The second-order valence-electron chi connectivity index (χ2n) is 13.4. The molecule has 0 spiro atoms. The average Bonchev–Trinajstić information content (AvgIpc) is 3.51. The number of nitrogens with zero attached hydrogens (tertiary/aromatic N) is 3. The summed E-state index contributed by atoms with van der Waals surface area (Å²) in [6.07, 6.45) is 1.85. The van der Waals surface area contributed by atoms with Crippen molar-refractivity contribution in [3.8, 4) is 5.75 Å². The Bertz CT molecular complexity index is 2250. The van der Waals surface area contributed by atoms with Crippen molar-refractivity contribution < 1.29 is 33.6 Å². The van der Waals surface area contributed by atoms with Gasteiger partial charge < -0.3 is 5.11 Å². The number of benzene rings is 4. The summed E-state index contributed by atoms with van der Waals surface area (Å²) in [4.78, 5) is 70.2. The fourth-order valence-corrected chi connectivity index (χ4v) is 9.06. The van der Waals surface area contributed by atoms with E-state index >= 15 is 4.79 Å². The molecule has 2 saturated heterocycles. The van der Waals surface area contributed by atoms with Crippen LogP contribution in [0.15, 0.2) is 103 Å². The van der Waals surface area contributed by atoms with Gasteiger partial charge in [-0.05, 0) is 85.0 Å². The van der Waals surface area contributed by atoms with Gasteiger partial charge in [0, 0.05) is 33.7 Å². The van der Waals surface area contributed by atoms with E-state index in [0.717, 1.165) is 9.91 Å². The Labute approximate surface area is 305 Å². The fourth-order valence-electron chi connectivity index (χ4n) is 8.76. The lowest BCUT2D eigenvalue weighted by atomic mass is 9.49. The van der Waals surface area contributed by atoms with Crippen molar-refractivity contribution >= 4 is 63.9 Å². The highest BCUT2D eigenvalue weighted by atomic mass is 35.5. The number of phenolic OH excluding ortho intramolecular Hbond substituents is 1. The van der Waals surface area contributed by atoms with Crippen molar-refractivity contribution in [1.82, 2.24) is 5.01 Å². The quantitative estimate of drug-likeness (QED) is 0.0935. The Morgan fingerprint density at radius 3 is 2.29 bits per heavy atom. The van der Waals surface area contributed by atoms with Gasteiger partial charge in [0.2, 0.25) is 11.8 Å². The van der Waals surface area contributed by atoms with E-state index < -0.39 is 69.4 Å². The third-order valence-electron chi connectivity index (χ3n) is 10.9. The maximum atomic E-state index is 15.2. The number of fused-ring (bicyclic) bond motifs is 4. The smallest absolute Gasteiger partial charge is 0.271 e. The molecule has 14 heteroatoms. The second kappa shape index (κ2) is 12.3. The molecule has 3 fully saturated rings. The first-order chi connectivity index (χ1) is 24.9. The van der Waals surface area contributed by atoms with Gasteiger partial charge >= 0.3 is 0 Å². The van der Waals surface area contributed by atoms with Gasteiger partial charge in [0.05, 0.1) is 39.5 Å². The molecule has 0 aromatic heterocycles. The van der Waals surface area contributed by atoms with Crippen LogP contribution in [0.2, 0.25) is 10.0 Å². The summed E-state index contributed by atoms with van der Waals surface area (Å²) in [5.74, 6) is -7.95. The van der Waals surface area contributed by atoms with Crippen LogP contribution in [0, 0.1) is 39.6 Å². The van der Waals surface area contributed by atoms with E-state index in [1.165, 1.54) is 66.7 Å². The first kappa shape index (κ1) is 33.5. The Morgan fingerprint density at radius 1 is 0.865 bits per heavy atom. The molecule has 4 aromatic rings. The van der Waals surface area contributed by atoms with Gasteiger partial charge in [-0.25, -0.2) is 9.29 Å². The third-order valence-corrected chi connectivity index (χ3v) is 11.3. The zero-order chi connectivity index (χ0) is 36.6. The molecule has 4 aliphatic rings. The molecule has 6 unspecified atom stereocenters. The van der Waals surface area contributed by atoms with E-state index in [2.05, 4.69) is 5.43 Å². The second-order valence-corrected chi connectivity index (χ2v) is 14.2. The number of hydrogen-bond donors (Lipinski definition) is 2. The van der Waals surface area contributed by atoms with Gasteiger partial charge in [0.15, 0.2) is 0 Å². The van der Waals surface area contributed by atoms with Crippen LogP contribution in [-0.2, 0) is 24.6 Å². The number of amides is 4. The van der Waals surface area contributed by atoms with E-state index in [4.69, 9.17) is 23.2 Å². The molecule has 4 amide bonds. The number of nitrogens with one attached hydrogen (secondary N) is 1. The molecule has 2 heterocycles. The minimum Gasteiger partial charge on any atom is -0.508 e. The van der Waals surface area contributed by atoms with E-state index in [-0.39, 0.29) is 46.2 Å². The van der Waals surface area contributed by atoms with Gasteiger partial charge in [0.1, 0.15) is 11.6 Å². The number of non-ortho nitro benzene ring substituents is 1. The number of carbonyl (C=O) groups is 4. The van der Waals surface area contributed by atoms with Gasteiger partial charge in [-0.15, -0.1) is 0 Å². The largest absolute Gasteiger partial charge is 0.508 e. The minimum atomic E-state index is -1.71. The summed E-state index contributed by atoms with van der Waals surface area (Å²) in [7, 11) is 0. The van der Waals surface area contributed by atoms with Crippen LogP contribution in [0.1, 0.15) is 29.9 Å². The Morgan fingerprint density at radius 2 is 1.58 bits per heavy atom. The monoisotopic (exact) mass is 740 g/mol. The zero-order valence-electron chi connectivity index (χ0n) is 26.9. The Hall–Kier alpha value is -5.59. The van der Waals surface area contributed by atoms with Gasteiger partial charge in [-0.3, -0.25) is 34.7 Å². The molecule has 262 valence electrons. The number of nitro groups is 1. The van der Waals surface area contributed by atoms with Crippen molar-refractivity contribution in [2.75, 3.05) is 10.3 Å². The van der Waals surface area contributed by atoms with Crippen LogP contribution < -0.4 is 10.3 Å². The lowest BCUT2D eigenvalue weighted by Crippen LogP contribution is -2.53. The summed E-state index contributed by atoms with van der Waals surface area (Å²) in [5.41, 5.74) is 2.39. The molecule has 8 rings (SSSR count). The molecule has 2 aliphatic heterocycles. The van der Waals surface area contributed by atoms with Crippen LogP contribution >= 0.6 is 23.2 Å². The first-order valence-corrected chi connectivity index (χ1v) is 17.1. The summed E-state index contributed by atoms with van der Waals surface area (Å²) in [6, 6.07) is 21.3. The van der Waals surface area contributed by atoms with Gasteiger partial charge in [0.25, 0.3) is 17.5 Å². The molecule has 4 aromatic carbocycles. The number of aromatic hydroxyl groups is 1. The highest BCUT2D eigenvalue weighted by Crippen LogP contribution is 2.65. The van der Waals surface area contributed by atoms with Crippen LogP contribution in [0.4, 0.5) is 21.5 Å². The van der Waals surface area contributed by atoms with Crippen molar-refractivity contribution in [1.29, 1.82) is 0 Å². The van der Waals surface area contributed by atoms with Gasteiger partial charge in [-0.1, -0.05) is 53.1 Å². The van der Waals surface area contributed by atoms with E-state index in [9.17, 15) is 34.0 Å². The summed E-state index contributed by atoms with van der Waals surface area (Å²) in [5, 5.41) is 24.6. The summed E-state index contributed by atoms with van der Waals surface area (Å²) >= 11 is 12.8. The molecular weight excluding hydrogens is 714 g/mol. The van der Waals surface area contributed by atoms with Crippen LogP contribution in [0.3, 0.4) is 0 Å². The normalized spacial score (nSPS) is 26.5. The van der Waals surface area contributed by atoms with Crippen molar-refractivity contribution in [3.63, 3.8) is 0 Å². The zero-order valence-corrected chi connectivity index (χ0v) is 28.4. The number of halogens is 3. The molecule has 2 N–H and O–H groups in total. The Balaban J connectivity index is 1.32. The predicted octanol–water partition coefficient (Wildman–Crippen LogP) is 6.94. The number of rotatable bonds is 6. The lowest BCUT2D eigenvalue weighted by Gasteiger charge is -2.50. The molecule has 0 radical (unpaired) electrons. The lowest BCUT2D eigenvalue weighted by molar-refractivity contribution is -0.384. The number of imide groups is 2. The summed E-state index contributed by atoms with van der Waals surface area (Å²) in [6.45, 7) is 0. The average molecular weight is 742 g/mol. The minimum absolute atomic E-state index is 0.0403. The van der Waals surface area contributed by atoms with Crippen LogP contribution in [-0.4, -0.2) is 38.7 Å². The highest BCUT2D eigenvalue weighted by Gasteiger charge is 2.70. The first-order valence-electron chi connectivity index (χ1n) is 16.4. The van der Waals surface area contributed by atoms with Crippen LogP contribution in [0.5, 0.6) is 5.75 Å². The topological polar surface area (TPSA) is 150 Å². The Kier molecular flexibility index (Phi) is 7.92. The number of anilines is 2. The molecule has 1 saturated carbocycles. The SMILES string of the molecule is O=C1C2CC3C(=CCC4C(=O)N(c5cccc([N+](=O)[O-])c5)C(=O)C43)C(c3cc(Cl)ccc3O)C2(c2ccc(Cl)cc2)C(=O)N1Nc1ccc(F)cc1. The highest BCUT2D eigenvalue weighted by molar-refractivity contribution is 6.31. The molecular formula is C38H27Cl2FN4O7. The molecule has 11 nitrogen and oxygen atoms in total. The van der Waals surface area contributed by atoms with Crippen molar-refractivity contribution in [2.45, 2.75) is 24.2 Å². The molecule has 52 heavy (non-hydrogen) atoms. The molecule has 0 bridgehead atoms. The van der Waals surface area contributed by atoms with E-state index in [0.29, 0.717) is 16.2 Å². The number of carbonyl (C=O) groups excluding carboxylic acids is 4.